The maximum absolute atomic E-state index is 7.23. The van der Waals surface area contributed by atoms with Crippen LogP contribution in [0, 0.1) is 0 Å². The van der Waals surface area contributed by atoms with Gasteiger partial charge in [0.15, 0.2) is 0 Å². The standard InChI is InChI=1S/C52H39N3/c53-51(42-24-14-5-15-25-42)50(41-22-12-4-13-23-41)52-46-31-30-43(32-45(46)35-49(55-52)39-20-10-3-11-21-39)44-33-47(38-18-8-2-9-19-38)54-48(34-44)40-28-26-37(27-29-40)36-16-6-1-7-17-36/h1-35,51,55H,53H2/b52-50-. The van der Waals surface area contributed by atoms with Crippen molar-refractivity contribution in [3.05, 3.63) is 234 Å². The Balaban J connectivity index is 1.21. The highest BCUT2D eigenvalue weighted by Crippen LogP contribution is 2.41. The van der Waals surface area contributed by atoms with Crippen molar-refractivity contribution >= 4 is 23.0 Å². The molecule has 0 saturated heterocycles. The zero-order valence-corrected chi connectivity index (χ0v) is 30.3. The third-order valence-electron chi connectivity index (χ3n) is 10.3. The average molecular weight is 706 g/mol. The van der Waals surface area contributed by atoms with Crippen LogP contribution in [0.3, 0.4) is 0 Å². The maximum Gasteiger partial charge on any atom is 0.0715 e. The number of hydrogen-bond donors (Lipinski definition) is 2. The summed E-state index contributed by atoms with van der Waals surface area (Å²) in [6, 6.07) is 71.8. The summed E-state index contributed by atoms with van der Waals surface area (Å²) in [6.45, 7) is 0. The maximum atomic E-state index is 7.23. The largest absolute Gasteiger partial charge is 0.354 e. The topological polar surface area (TPSA) is 50.9 Å². The average Bonchev–Trinajstić information content (AvgIpc) is 3.27. The Kier molecular flexibility index (Phi) is 9.27. The van der Waals surface area contributed by atoms with Gasteiger partial charge in [0.2, 0.25) is 0 Å². The first-order chi connectivity index (χ1) is 27.2. The first-order valence-electron chi connectivity index (χ1n) is 18.7. The Morgan fingerprint density at radius 3 is 1.53 bits per heavy atom. The van der Waals surface area contributed by atoms with Gasteiger partial charge in [0, 0.05) is 28.0 Å². The molecule has 3 heteroatoms. The molecule has 3 nitrogen and oxygen atoms in total. The fourth-order valence-electron chi connectivity index (χ4n) is 7.46. The lowest BCUT2D eigenvalue weighted by Crippen LogP contribution is -2.22. The Hall–Kier alpha value is -7.07. The van der Waals surface area contributed by atoms with Gasteiger partial charge in [-0.05, 0) is 68.8 Å². The lowest BCUT2D eigenvalue weighted by molar-refractivity contribution is 0.928. The van der Waals surface area contributed by atoms with Gasteiger partial charge in [-0.2, -0.15) is 0 Å². The fraction of sp³-hybridized carbons (Fsp3) is 0.0192. The molecule has 262 valence electrons. The fourth-order valence-corrected chi connectivity index (χ4v) is 7.46. The summed E-state index contributed by atoms with van der Waals surface area (Å²) in [5.41, 5.74) is 24.3. The van der Waals surface area contributed by atoms with Crippen LogP contribution in [0.1, 0.15) is 33.9 Å². The second kappa shape index (κ2) is 15.1. The predicted octanol–water partition coefficient (Wildman–Crippen LogP) is 12.4. The van der Waals surface area contributed by atoms with Crippen molar-refractivity contribution in [1.82, 2.24) is 10.3 Å². The lowest BCUT2D eigenvalue weighted by Gasteiger charge is -2.29. The molecule has 0 spiro atoms. The number of benzene rings is 7. The zero-order valence-electron chi connectivity index (χ0n) is 30.3. The van der Waals surface area contributed by atoms with E-state index < -0.39 is 0 Å². The Labute approximate surface area is 322 Å². The molecular weight excluding hydrogens is 667 g/mol. The second-order valence-electron chi connectivity index (χ2n) is 13.8. The number of nitrogens with two attached hydrogens (primary N) is 1. The van der Waals surface area contributed by atoms with Crippen molar-refractivity contribution in [3.8, 4) is 44.8 Å². The Morgan fingerprint density at radius 2 is 0.909 bits per heavy atom. The Morgan fingerprint density at radius 1 is 0.436 bits per heavy atom. The molecule has 9 rings (SSSR count). The first kappa shape index (κ1) is 33.7. The van der Waals surface area contributed by atoms with Gasteiger partial charge in [-0.15, -0.1) is 0 Å². The van der Waals surface area contributed by atoms with Crippen molar-refractivity contribution in [3.63, 3.8) is 0 Å². The highest BCUT2D eigenvalue weighted by Gasteiger charge is 2.25. The third kappa shape index (κ3) is 7.05. The molecule has 2 heterocycles. The van der Waals surface area contributed by atoms with Crippen LogP contribution in [0.5, 0.6) is 0 Å². The van der Waals surface area contributed by atoms with Crippen LogP contribution in [0.2, 0.25) is 0 Å². The molecule has 1 atom stereocenters. The van der Waals surface area contributed by atoms with Crippen LogP contribution in [-0.2, 0) is 0 Å². The number of pyridine rings is 1. The molecule has 1 aliphatic heterocycles. The minimum Gasteiger partial charge on any atom is -0.354 e. The molecule has 0 saturated carbocycles. The van der Waals surface area contributed by atoms with Crippen molar-refractivity contribution in [2.75, 3.05) is 0 Å². The van der Waals surface area contributed by atoms with Gasteiger partial charge in [0.05, 0.1) is 23.1 Å². The van der Waals surface area contributed by atoms with E-state index in [4.69, 9.17) is 10.7 Å². The van der Waals surface area contributed by atoms with Crippen LogP contribution in [0.15, 0.2) is 206 Å². The number of nitrogens with one attached hydrogen (secondary N) is 1. The van der Waals surface area contributed by atoms with Crippen LogP contribution in [0.4, 0.5) is 0 Å². The molecule has 55 heavy (non-hydrogen) atoms. The second-order valence-corrected chi connectivity index (χ2v) is 13.8. The van der Waals surface area contributed by atoms with Gasteiger partial charge in [-0.25, -0.2) is 4.98 Å². The van der Waals surface area contributed by atoms with Crippen molar-refractivity contribution in [2.24, 2.45) is 5.73 Å². The molecular formula is C52H39N3. The molecule has 1 aliphatic rings. The third-order valence-corrected chi connectivity index (χ3v) is 10.3. The van der Waals surface area contributed by atoms with Gasteiger partial charge in [-0.1, -0.05) is 188 Å². The summed E-state index contributed by atoms with van der Waals surface area (Å²) in [5.74, 6) is 0. The number of hydrogen-bond acceptors (Lipinski definition) is 3. The summed E-state index contributed by atoms with van der Waals surface area (Å²) in [6.07, 6.45) is 2.26. The lowest BCUT2D eigenvalue weighted by atomic mass is 9.85. The molecule has 1 unspecified atom stereocenters. The first-order valence-corrected chi connectivity index (χ1v) is 18.7. The number of nitrogens with zero attached hydrogens (tertiary/aromatic N) is 1. The predicted molar refractivity (Wildman–Crippen MR) is 230 cm³/mol. The highest BCUT2D eigenvalue weighted by atomic mass is 14.9. The van der Waals surface area contributed by atoms with E-state index >= 15 is 0 Å². The normalized spacial score (nSPS) is 13.6. The zero-order chi connectivity index (χ0) is 37.0. The highest BCUT2D eigenvalue weighted by molar-refractivity contribution is 6.03. The minimum atomic E-state index is -0.363. The van der Waals surface area contributed by atoms with Crippen LogP contribution in [0.25, 0.3) is 67.8 Å². The summed E-state index contributed by atoms with van der Waals surface area (Å²) < 4.78 is 0. The van der Waals surface area contributed by atoms with Crippen LogP contribution >= 0.6 is 0 Å². The van der Waals surface area contributed by atoms with Crippen LogP contribution in [-0.4, -0.2) is 4.98 Å². The van der Waals surface area contributed by atoms with Crippen molar-refractivity contribution in [1.29, 1.82) is 0 Å². The molecule has 3 N–H and O–H groups in total. The SMILES string of the molecule is NC(/C(=C1\NC(c2ccccc2)=Cc2cc(-c3cc(-c4ccccc4)nc(-c4ccc(-c5ccccc5)cc4)c3)ccc21)c1ccccc1)c1ccccc1. The van der Waals surface area contributed by atoms with Crippen molar-refractivity contribution in [2.45, 2.75) is 6.04 Å². The van der Waals surface area contributed by atoms with Gasteiger partial charge in [0.25, 0.3) is 0 Å². The summed E-state index contributed by atoms with van der Waals surface area (Å²) >= 11 is 0. The molecule has 0 fully saturated rings. The molecule has 0 amide bonds. The number of fused-ring (bicyclic) bond motifs is 1. The molecule has 0 radical (unpaired) electrons. The number of aromatic nitrogens is 1. The summed E-state index contributed by atoms with van der Waals surface area (Å²) in [5, 5.41) is 3.86. The molecule has 7 aromatic carbocycles. The van der Waals surface area contributed by atoms with E-state index in [0.29, 0.717) is 0 Å². The van der Waals surface area contributed by atoms with E-state index in [-0.39, 0.29) is 6.04 Å². The minimum absolute atomic E-state index is 0.363. The van der Waals surface area contributed by atoms with Crippen LogP contribution < -0.4 is 11.1 Å². The quantitative estimate of drug-likeness (QED) is 0.165. The summed E-state index contributed by atoms with van der Waals surface area (Å²) in [7, 11) is 0. The number of rotatable bonds is 8. The smallest absolute Gasteiger partial charge is 0.0715 e. The van der Waals surface area contributed by atoms with Gasteiger partial charge < -0.3 is 11.1 Å². The van der Waals surface area contributed by atoms with E-state index in [1.54, 1.807) is 0 Å². The van der Waals surface area contributed by atoms with E-state index in [1.807, 2.05) is 24.3 Å². The molecule has 0 bridgehead atoms. The van der Waals surface area contributed by atoms with E-state index in [1.165, 1.54) is 11.1 Å². The molecule has 1 aromatic heterocycles. The summed E-state index contributed by atoms with van der Waals surface area (Å²) in [4.78, 5) is 5.21. The van der Waals surface area contributed by atoms with E-state index in [9.17, 15) is 0 Å². The van der Waals surface area contributed by atoms with Gasteiger partial charge >= 0.3 is 0 Å². The van der Waals surface area contributed by atoms with Gasteiger partial charge in [-0.3, -0.25) is 0 Å². The van der Waals surface area contributed by atoms with E-state index in [0.717, 1.165) is 78.4 Å². The van der Waals surface area contributed by atoms with E-state index in [2.05, 4.69) is 193 Å². The van der Waals surface area contributed by atoms with Crippen molar-refractivity contribution < 1.29 is 0 Å². The Bertz CT molecular complexity index is 2630. The monoisotopic (exact) mass is 705 g/mol. The molecule has 8 aromatic rings. The molecule has 0 aliphatic carbocycles. The van der Waals surface area contributed by atoms with Gasteiger partial charge in [0.1, 0.15) is 0 Å².